The number of cyclic esters (lactones) is 1. The number of hydrogen-bond acceptors (Lipinski definition) is 2. The van der Waals surface area contributed by atoms with Gasteiger partial charge in [0, 0.05) is 0 Å². The topological polar surface area (TPSA) is 26.3 Å². The Morgan fingerprint density at radius 1 is 1.21 bits per heavy atom. The van der Waals surface area contributed by atoms with Gasteiger partial charge in [-0.05, 0) is 32.6 Å². The second kappa shape index (κ2) is 6.63. The summed E-state index contributed by atoms with van der Waals surface area (Å²) in [5, 5.41) is 0. The van der Waals surface area contributed by atoms with E-state index >= 15 is 0 Å². The van der Waals surface area contributed by atoms with Crippen molar-refractivity contribution in [1.29, 1.82) is 0 Å². The van der Waals surface area contributed by atoms with Crippen LogP contribution in [-0.4, -0.2) is 12.1 Å². The summed E-state index contributed by atoms with van der Waals surface area (Å²) < 4.78 is 5.23. The van der Waals surface area contributed by atoms with E-state index in [0.29, 0.717) is 6.42 Å². The van der Waals surface area contributed by atoms with Gasteiger partial charge in [-0.1, -0.05) is 25.0 Å². The number of carbonyl (C=O) groups is 1. The monoisotopic (exact) mass is 196 g/mol. The van der Waals surface area contributed by atoms with Gasteiger partial charge in [0.2, 0.25) is 0 Å². The second-order valence-corrected chi connectivity index (χ2v) is 3.97. The van der Waals surface area contributed by atoms with E-state index in [1.165, 1.54) is 25.7 Å². The average Bonchev–Trinajstić information content (AvgIpc) is 2.13. The van der Waals surface area contributed by atoms with Crippen molar-refractivity contribution >= 4 is 5.97 Å². The maximum Gasteiger partial charge on any atom is 0.309 e. The SMILES string of the molecule is C[C@H]1CCCCCCC=CCC(=O)O1. The molecule has 0 bridgehead atoms. The van der Waals surface area contributed by atoms with Crippen LogP contribution in [0.25, 0.3) is 0 Å². The van der Waals surface area contributed by atoms with Crippen LogP contribution < -0.4 is 0 Å². The standard InChI is InChI=1S/C12H20O2/c1-11-9-7-5-3-2-4-6-8-10-12(13)14-11/h6,8,11H,2-5,7,9-10H2,1H3/t11-/m0/s1. The second-order valence-electron chi connectivity index (χ2n) is 3.97. The van der Waals surface area contributed by atoms with E-state index in [-0.39, 0.29) is 12.1 Å². The summed E-state index contributed by atoms with van der Waals surface area (Å²) >= 11 is 0. The molecular formula is C12H20O2. The van der Waals surface area contributed by atoms with Crippen molar-refractivity contribution in [2.75, 3.05) is 0 Å². The number of esters is 1. The predicted molar refractivity (Wildman–Crippen MR) is 57.0 cm³/mol. The number of ether oxygens (including phenoxy) is 1. The van der Waals surface area contributed by atoms with Gasteiger partial charge in [0.15, 0.2) is 0 Å². The highest BCUT2D eigenvalue weighted by molar-refractivity contribution is 5.71. The van der Waals surface area contributed by atoms with Crippen molar-refractivity contribution in [3.8, 4) is 0 Å². The highest BCUT2D eigenvalue weighted by Gasteiger charge is 2.07. The Morgan fingerprint density at radius 2 is 2.00 bits per heavy atom. The van der Waals surface area contributed by atoms with Crippen LogP contribution in [0, 0.1) is 0 Å². The van der Waals surface area contributed by atoms with Crippen molar-refractivity contribution in [2.24, 2.45) is 0 Å². The molecular weight excluding hydrogens is 176 g/mol. The summed E-state index contributed by atoms with van der Waals surface area (Å²) in [6.07, 6.45) is 11.6. The van der Waals surface area contributed by atoms with E-state index in [9.17, 15) is 4.79 Å². The van der Waals surface area contributed by atoms with Crippen molar-refractivity contribution in [1.82, 2.24) is 0 Å². The molecule has 0 saturated heterocycles. The summed E-state index contributed by atoms with van der Waals surface area (Å²) in [5.74, 6) is -0.0886. The highest BCUT2D eigenvalue weighted by Crippen LogP contribution is 2.11. The molecule has 2 heteroatoms. The van der Waals surface area contributed by atoms with E-state index in [0.717, 1.165) is 12.8 Å². The fraction of sp³-hybridized carbons (Fsp3) is 0.750. The molecule has 0 saturated carbocycles. The number of allylic oxidation sites excluding steroid dienone is 1. The van der Waals surface area contributed by atoms with Gasteiger partial charge in [0.1, 0.15) is 0 Å². The van der Waals surface area contributed by atoms with Gasteiger partial charge in [0.25, 0.3) is 0 Å². The molecule has 1 aliphatic heterocycles. The predicted octanol–water partition coefficient (Wildman–Crippen LogP) is 3.22. The molecule has 1 atom stereocenters. The maximum atomic E-state index is 11.2. The highest BCUT2D eigenvalue weighted by atomic mass is 16.5. The molecule has 0 fully saturated rings. The molecule has 0 amide bonds. The van der Waals surface area contributed by atoms with Crippen LogP contribution in [0.3, 0.4) is 0 Å². The van der Waals surface area contributed by atoms with Crippen molar-refractivity contribution < 1.29 is 9.53 Å². The average molecular weight is 196 g/mol. The first-order chi connectivity index (χ1) is 6.79. The number of carbonyl (C=O) groups excluding carboxylic acids is 1. The van der Waals surface area contributed by atoms with Crippen LogP contribution in [0.15, 0.2) is 12.2 Å². The maximum absolute atomic E-state index is 11.2. The van der Waals surface area contributed by atoms with Crippen molar-refractivity contribution in [3.05, 3.63) is 12.2 Å². The van der Waals surface area contributed by atoms with Gasteiger partial charge < -0.3 is 4.74 Å². The number of hydrogen-bond donors (Lipinski definition) is 0. The molecule has 0 aromatic rings. The third-order valence-electron chi connectivity index (χ3n) is 2.52. The van der Waals surface area contributed by atoms with Crippen LogP contribution in [0.4, 0.5) is 0 Å². The van der Waals surface area contributed by atoms with E-state index < -0.39 is 0 Å². The summed E-state index contributed by atoms with van der Waals surface area (Å²) in [7, 11) is 0. The fourth-order valence-corrected chi connectivity index (χ4v) is 1.68. The Kier molecular flexibility index (Phi) is 5.35. The molecule has 0 radical (unpaired) electrons. The minimum Gasteiger partial charge on any atom is -0.462 e. The van der Waals surface area contributed by atoms with Gasteiger partial charge in [-0.25, -0.2) is 0 Å². The lowest BCUT2D eigenvalue weighted by Crippen LogP contribution is -2.14. The quantitative estimate of drug-likeness (QED) is 0.439. The summed E-state index contributed by atoms with van der Waals surface area (Å²) in [6, 6.07) is 0. The number of rotatable bonds is 0. The smallest absolute Gasteiger partial charge is 0.309 e. The van der Waals surface area contributed by atoms with E-state index in [4.69, 9.17) is 4.74 Å². The lowest BCUT2D eigenvalue weighted by Gasteiger charge is -2.12. The fourth-order valence-electron chi connectivity index (χ4n) is 1.68. The largest absolute Gasteiger partial charge is 0.462 e. The van der Waals surface area contributed by atoms with Crippen LogP contribution in [0.5, 0.6) is 0 Å². The molecule has 0 aromatic heterocycles. The van der Waals surface area contributed by atoms with Crippen LogP contribution in [-0.2, 0) is 9.53 Å². The third kappa shape index (κ3) is 5.05. The van der Waals surface area contributed by atoms with Gasteiger partial charge in [-0.15, -0.1) is 0 Å². The van der Waals surface area contributed by atoms with Crippen LogP contribution >= 0.6 is 0 Å². The summed E-state index contributed by atoms with van der Waals surface area (Å²) in [5.41, 5.74) is 0. The Morgan fingerprint density at radius 3 is 2.86 bits per heavy atom. The van der Waals surface area contributed by atoms with Crippen molar-refractivity contribution in [3.63, 3.8) is 0 Å². The lowest BCUT2D eigenvalue weighted by atomic mass is 10.1. The molecule has 0 unspecified atom stereocenters. The Labute approximate surface area is 86.3 Å². The molecule has 1 aliphatic rings. The van der Waals surface area contributed by atoms with E-state index in [1.54, 1.807) is 0 Å². The van der Waals surface area contributed by atoms with E-state index in [2.05, 4.69) is 6.08 Å². The van der Waals surface area contributed by atoms with Crippen LogP contribution in [0.1, 0.15) is 51.9 Å². The Bertz CT molecular complexity index is 196. The molecule has 1 rings (SSSR count). The van der Waals surface area contributed by atoms with Crippen molar-refractivity contribution in [2.45, 2.75) is 58.0 Å². The first kappa shape index (κ1) is 11.3. The zero-order valence-corrected chi connectivity index (χ0v) is 9.00. The Hall–Kier alpha value is -0.790. The molecule has 14 heavy (non-hydrogen) atoms. The van der Waals surface area contributed by atoms with Crippen LogP contribution in [0.2, 0.25) is 0 Å². The molecule has 2 nitrogen and oxygen atoms in total. The zero-order valence-electron chi connectivity index (χ0n) is 9.00. The zero-order chi connectivity index (χ0) is 10.2. The van der Waals surface area contributed by atoms with Gasteiger partial charge in [-0.3, -0.25) is 4.79 Å². The summed E-state index contributed by atoms with van der Waals surface area (Å²) in [6.45, 7) is 1.98. The molecule has 0 spiro atoms. The lowest BCUT2D eigenvalue weighted by molar-refractivity contribution is -0.147. The molecule has 0 N–H and O–H groups in total. The summed E-state index contributed by atoms with van der Waals surface area (Å²) in [4.78, 5) is 11.2. The minimum atomic E-state index is -0.0886. The van der Waals surface area contributed by atoms with Gasteiger partial charge in [0.05, 0.1) is 12.5 Å². The molecule has 80 valence electrons. The first-order valence-corrected chi connectivity index (χ1v) is 5.63. The third-order valence-corrected chi connectivity index (χ3v) is 2.52. The molecule has 0 aromatic carbocycles. The minimum absolute atomic E-state index is 0.0886. The van der Waals surface area contributed by atoms with Gasteiger partial charge in [-0.2, -0.15) is 0 Å². The van der Waals surface area contributed by atoms with E-state index in [1.807, 2.05) is 13.0 Å². The normalized spacial score (nSPS) is 26.1. The van der Waals surface area contributed by atoms with Gasteiger partial charge >= 0.3 is 5.97 Å². The molecule has 0 aliphatic carbocycles. The Balaban J connectivity index is 2.36. The molecule has 1 heterocycles. The first-order valence-electron chi connectivity index (χ1n) is 5.63.